The molecule has 15 heavy (non-hydrogen) atoms. The number of thiazole rings is 1. The summed E-state index contributed by atoms with van der Waals surface area (Å²) in [6.07, 6.45) is 2.62. The van der Waals surface area contributed by atoms with E-state index in [-0.39, 0.29) is 0 Å². The Morgan fingerprint density at radius 1 is 1.60 bits per heavy atom. The van der Waals surface area contributed by atoms with Gasteiger partial charge >= 0.3 is 0 Å². The Labute approximate surface area is 95.6 Å². The van der Waals surface area contributed by atoms with Crippen molar-refractivity contribution in [3.63, 3.8) is 0 Å². The number of rotatable bonds is 6. The van der Waals surface area contributed by atoms with Crippen LogP contribution in [0.15, 0.2) is 11.6 Å². The number of hydrogen-bond donors (Lipinski definition) is 2. The lowest BCUT2D eigenvalue weighted by atomic mass is 9.94. The van der Waals surface area contributed by atoms with Gasteiger partial charge in [-0.1, -0.05) is 13.8 Å². The molecule has 0 spiro atoms. The van der Waals surface area contributed by atoms with Gasteiger partial charge in [-0.25, -0.2) is 4.98 Å². The van der Waals surface area contributed by atoms with Crippen LogP contribution in [-0.2, 0) is 6.54 Å². The molecule has 0 aliphatic rings. The fraction of sp³-hybridized carbons (Fsp3) is 0.727. The lowest BCUT2D eigenvalue weighted by Crippen LogP contribution is -2.38. The molecule has 1 rings (SSSR count). The number of hydrogen-bond acceptors (Lipinski definition) is 4. The van der Waals surface area contributed by atoms with Gasteiger partial charge in [0.1, 0.15) is 5.01 Å². The summed E-state index contributed by atoms with van der Waals surface area (Å²) in [6, 6.07) is 0. The van der Waals surface area contributed by atoms with Crippen LogP contribution in [0.25, 0.3) is 0 Å². The smallest absolute Gasteiger partial charge is 0.106 e. The third kappa shape index (κ3) is 5.25. The predicted octanol–water partition coefficient (Wildman–Crippen LogP) is 2.03. The van der Waals surface area contributed by atoms with E-state index in [4.69, 9.17) is 0 Å². The second-order valence-electron chi connectivity index (χ2n) is 4.62. The van der Waals surface area contributed by atoms with Crippen LogP contribution in [0.4, 0.5) is 0 Å². The Morgan fingerprint density at radius 2 is 2.33 bits per heavy atom. The number of aromatic nitrogens is 1. The van der Waals surface area contributed by atoms with Crippen LogP contribution >= 0.6 is 11.3 Å². The van der Waals surface area contributed by atoms with Gasteiger partial charge in [0, 0.05) is 24.7 Å². The van der Waals surface area contributed by atoms with Crippen molar-refractivity contribution >= 4 is 11.3 Å². The summed E-state index contributed by atoms with van der Waals surface area (Å²) in [4.78, 5) is 4.17. The van der Waals surface area contributed by atoms with E-state index in [9.17, 15) is 5.11 Å². The predicted molar refractivity (Wildman–Crippen MR) is 63.9 cm³/mol. The molecule has 0 amide bonds. The maximum absolute atomic E-state index is 10.0. The standard InChI is InChI=1S/C11H20N2OS/c1-9(2)6-11(3,14)8-12-7-10-13-4-5-15-10/h4-5,9,12,14H,6-8H2,1-3H3. The zero-order chi connectivity index (χ0) is 11.3. The Hall–Kier alpha value is -0.450. The zero-order valence-corrected chi connectivity index (χ0v) is 10.5. The van der Waals surface area contributed by atoms with E-state index < -0.39 is 5.60 Å². The quantitative estimate of drug-likeness (QED) is 0.783. The van der Waals surface area contributed by atoms with Crippen molar-refractivity contribution in [3.05, 3.63) is 16.6 Å². The van der Waals surface area contributed by atoms with E-state index in [0.29, 0.717) is 12.5 Å². The van der Waals surface area contributed by atoms with Gasteiger partial charge in [-0.3, -0.25) is 0 Å². The van der Waals surface area contributed by atoms with Gasteiger partial charge in [0.25, 0.3) is 0 Å². The summed E-state index contributed by atoms with van der Waals surface area (Å²) in [6.45, 7) is 7.48. The number of nitrogens with one attached hydrogen (secondary N) is 1. The molecule has 0 fully saturated rings. The summed E-state index contributed by atoms with van der Waals surface area (Å²) in [5.74, 6) is 0.515. The number of aliphatic hydroxyl groups is 1. The third-order valence-corrected chi connectivity index (χ3v) is 2.89. The molecule has 0 bridgehead atoms. The largest absolute Gasteiger partial charge is 0.389 e. The average molecular weight is 228 g/mol. The average Bonchev–Trinajstić information content (AvgIpc) is 2.53. The molecule has 1 atom stereocenters. The highest BCUT2D eigenvalue weighted by Crippen LogP contribution is 2.15. The second kappa shape index (κ2) is 5.58. The lowest BCUT2D eigenvalue weighted by molar-refractivity contribution is 0.0383. The molecule has 1 aromatic rings. The zero-order valence-electron chi connectivity index (χ0n) is 9.66. The summed E-state index contributed by atoms with van der Waals surface area (Å²) in [5.41, 5.74) is -0.620. The third-order valence-electron chi connectivity index (χ3n) is 2.11. The highest BCUT2D eigenvalue weighted by molar-refractivity contribution is 7.09. The molecule has 0 saturated carbocycles. The van der Waals surface area contributed by atoms with Gasteiger partial charge < -0.3 is 10.4 Å². The molecule has 1 unspecified atom stereocenters. The molecule has 0 aromatic carbocycles. The first-order valence-corrected chi connectivity index (χ1v) is 6.19. The Morgan fingerprint density at radius 3 is 2.87 bits per heavy atom. The minimum Gasteiger partial charge on any atom is -0.389 e. The monoisotopic (exact) mass is 228 g/mol. The maximum atomic E-state index is 10.0. The summed E-state index contributed by atoms with van der Waals surface area (Å²) in [7, 11) is 0. The molecular weight excluding hydrogens is 208 g/mol. The molecule has 86 valence electrons. The van der Waals surface area contributed by atoms with Crippen LogP contribution < -0.4 is 5.32 Å². The summed E-state index contributed by atoms with van der Waals surface area (Å²) >= 11 is 1.63. The second-order valence-corrected chi connectivity index (χ2v) is 5.60. The van der Waals surface area contributed by atoms with Crippen molar-refractivity contribution in [1.82, 2.24) is 10.3 Å². The first-order valence-electron chi connectivity index (χ1n) is 5.31. The van der Waals surface area contributed by atoms with E-state index >= 15 is 0 Å². The molecule has 1 heterocycles. The lowest BCUT2D eigenvalue weighted by Gasteiger charge is -2.25. The van der Waals surface area contributed by atoms with Crippen molar-refractivity contribution in [3.8, 4) is 0 Å². The van der Waals surface area contributed by atoms with Gasteiger partial charge in [0.2, 0.25) is 0 Å². The minimum atomic E-state index is -0.620. The van der Waals surface area contributed by atoms with Crippen molar-refractivity contribution in [1.29, 1.82) is 0 Å². The van der Waals surface area contributed by atoms with E-state index in [1.165, 1.54) is 0 Å². The molecular formula is C11H20N2OS. The van der Waals surface area contributed by atoms with Gasteiger partial charge in [0.15, 0.2) is 0 Å². The fourth-order valence-electron chi connectivity index (χ4n) is 1.73. The molecule has 0 aliphatic carbocycles. The van der Waals surface area contributed by atoms with Crippen LogP contribution in [0, 0.1) is 5.92 Å². The molecule has 1 aromatic heterocycles. The Kier molecular flexibility index (Phi) is 4.70. The number of nitrogens with zero attached hydrogens (tertiary/aromatic N) is 1. The Bertz CT molecular complexity index is 270. The van der Waals surface area contributed by atoms with Crippen LogP contribution in [0.3, 0.4) is 0 Å². The van der Waals surface area contributed by atoms with Crippen molar-refractivity contribution in [2.24, 2.45) is 5.92 Å². The topological polar surface area (TPSA) is 45.1 Å². The first-order chi connectivity index (χ1) is 6.99. The van der Waals surface area contributed by atoms with Gasteiger partial charge in [-0.05, 0) is 19.3 Å². The van der Waals surface area contributed by atoms with E-state index in [1.54, 1.807) is 17.5 Å². The fourth-order valence-corrected chi connectivity index (χ4v) is 2.32. The van der Waals surface area contributed by atoms with Crippen LogP contribution in [0.5, 0.6) is 0 Å². The molecule has 0 saturated heterocycles. The first kappa shape index (κ1) is 12.6. The maximum Gasteiger partial charge on any atom is 0.106 e. The van der Waals surface area contributed by atoms with Crippen LogP contribution in [-0.4, -0.2) is 22.2 Å². The van der Waals surface area contributed by atoms with Crippen LogP contribution in [0.2, 0.25) is 0 Å². The molecule has 0 radical (unpaired) electrons. The summed E-state index contributed by atoms with van der Waals surface area (Å²) < 4.78 is 0. The van der Waals surface area contributed by atoms with E-state index in [2.05, 4.69) is 24.1 Å². The summed E-state index contributed by atoms with van der Waals surface area (Å²) in [5, 5.41) is 16.3. The van der Waals surface area contributed by atoms with Gasteiger partial charge in [-0.2, -0.15) is 0 Å². The normalized spacial score (nSPS) is 15.5. The van der Waals surface area contributed by atoms with E-state index in [0.717, 1.165) is 18.0 Å². The minimum absolute atomic E-state index is 0.515. The highest BCUT2D eigenvalue weighted by atomic mass is 32.1. The molecule has 0 aliphatic heterocycles. The van der Waals surface area contributed by atoms with Crippen molar-refractivity contribution in [2.45, 2.75) is 39.3 Å². The van der Waals surface area contributed by atoms with Crippen molar-refractivity contribution in [2.75, 3.05) is 6.54 Å². The van der Waals surface area contributed by atoms with E-state index in [1.807, 2.05) is 12.3 Å². The molecule has 2 N–H and O–H groups in total. The SMILES string of the molecule is CC(C)CC(C)(O)CNCc1nccs1. The van der Waals surface area contributed by atoms with Gasteiger partial charge in [-0.15, -0.1) is 11.3 Å². The Balaban J connectivity index is 2.24. The van der Waals surface area contributed by atoms with Crippen molar-refractivity contribution < 1.29 is 5.11 Å². The highest BCUT2D eigenvalue weighted by Gasteiger charge is 2.21. The van der Waals surface area contributed by atoms with Crippen LogP contribution in [0.1, 0.15) is 32.2 Å². The molecule has 4 heteroatoms. The molecule has 3 nitrogen and oxygen atoms in total. The van der Waals surface area contributed by atoms with Gasteiger partial charge in [0.05, 0.1) is 5.60 Å².